The summed E-state index contributed by atoms with van der Waals surface area (Å²) in [4.78, 5) is 44.5. The van der Waals surface area contributed by atoms with Crippen molar-refractivity contribution in [1.82, 2.24) is 4.90 Å². The number of nitrogens with zero attached hydrogens (tertiary/aromatic N) is 1. The van der Waals surface area contributed by atoms with Crippen LogP contribution in [0.25, 0.3) is 11.1 Å². The van der Waals surface area contributed by atoms with Gasteiger partial charge in [0, 0.05) is 42.8 Å². The van der Waals surface area contributed by atoms with Gasteiger partial charge in [-0.15, -0.1) is 22.7 Å². The summed E-state index contributed by atoms with van der Waals surface area (Å²) in [6.45, 7) is 17.6. The molecular weight excluding hydrogens is 442 g/mol. The van der Waals surface area contributed by atoms with Crippen LogP contribution in [-0.4, -0.2) is 35.8 Å². The van der Waals surface area contributed by atoms with Crippen LogP contribution in [0, 0.1) is 41.5 Å². The van der Waals surface area contributed by atoms with Gasteiger partial charge in [0.1, 0.15) is 0 Å². The van der Waals surface area contributed by atoms with Crippen LogP contribution in [-0.2, 0) is 19.1 Å². The quantitative estimate of drug-likeness (QED) is 0.233. The van der Waals surface area contributed by atoms with Crippen LogP contribution in [0.3, 0.4) is 0 Å². The van der Waals surface area contributed by atoms with E-state index in [1.54, 1.807) is 29.6 Å². The number of carbonyl (C=O) groups is 3. The molecule has 1 aliphatic heterocycles. The number of rotatable bonds is 7. The topological polar surface area (TPSA) is 63.7 Å². The van der Waals surface area contributed by atoms with Gasteiger partial charge in [0.15, 0.2) is 0 Å². The summed E-state index contributed by atoms with van der Waals surface area (Å²) in [5, 5.41) is 0. The Hall–Kier alpha value is -2.51. The van der Waals surface area contributed by atoms with E-state index in [1.165, 1.54) is 4.90 Å². The van der Waals surface area contributed by atoms with Gasteiger partial charge in [-0.3, -0.25) is 14.5 Å². The number of amides is 2. The average molecular weight is 472 g/mol. The summed E-state index contributed by atoms with van der Waals surface area (Å²) in [6, 6.07) is 0. The summed E-state index contributed by atoms with van der Waals surface area (Å²) < 4.78 is 5.14. The molecular formula is C25H29NO4S2. The molecule has 2 aromatic rings. The van der Waals surface area contributed by atoms with E-state index >= 15 is 0 Å². The molecule has 0 radical (unpaired) electrons. The SMILES string of the molecule is C=C(C)C(=O)OCCCN1C(=O)C(c2c(C)sc(C)c2C)=C(c2c(C)sc(C)c2C)C1=O. The van der Waals surface area contributed by atoms with Crippen molar-refractivity contribution in [1.29, 1.82) is 0 Å². The highest BCUT2D eigenvalue weighted by Crippen LogP contribution is 2.44. The Kier molecular flexibility index (Phi) is 6.91. The summed E-state index contributed by atoms with van der Waals surface area (Å²) in [5.74, 6) is -1.02. The van der Waals surface area contributed by atoms with Crippen molar-refractivity contribution in [2.75, 3.05) is 13.2 Å². The molecule has 7 heteroatoms. The van der Waals surface area contributed by atoms with E-state index in [0.29, 0.717) is 23.1 Å². The zero-order valence-corrected chi connectivity index (χ0v) is 21.4. The summed E-state index contributed by atoms with van der Waals surface area (Å²) >= 11 is 3.29. The summed E-state index contributed by atoms with van der Waals surface area (Å²) in [7, 11) is 0. The zero-order valence-electron chi connectivity index (χ0n) is 19.7. The van der Waals surface area contributed by atoms with E-state index in [-0.39, 0.29) is 25.0 Å². The van der Waals surface area contributed by atoms with Gasteiger partial charge < -0.3 is 4.74 Å². The number of esters is 1. The van der Waals surface area contributed by atoms with Crippen molar-refractivity contribution >= 4 is 51.6 Å². The van der Waals surface area contributed by atoms with Gasteiger partial charge in [-0.2, -0.15) is 0 Å². The smallest absolute Gasteiger partial charge is 0.333 e. The number of hydrogen-bond acceptors (Lipinski definition) is 6. The fraction of sp³-hybridized carbons (Fsp3) is 0.400. The van der Waals surface area contributed by atoms with Crippen molar-refractivity contribution in [2.24, 2.45) is 0 Å². The molecule has 3 heterocycles. The highest BCUT2D eigenvalue weighted by atomic mass is 32.1. The molecule has 0 aliphatic carbocycles. The first-order valence-corrected chi connectivity index (χ1v) is 12.2. The highest BCUT2D eigenvalue weighted by molar-refractivity contribution is 7.12. The molecule has 0 fully saturated rings. The first kappa shape index (κ1) is 24.1. The first-order chi connectivity index (χ1) is 15.0. The molecule has 0 atom stereocenters. The number of hydrogen-bond donors (Lipinski definition) is 0. The average Bonchev–Trinajstić information content (AvgIpc) is 3.21. The van der Waals surface area contributed by atoms with Crippen LogP contribution in [0.15, 0.2) is 12.2 Å². The van der Waals surface area contributed by atoms with Gasteiger partial charge in [0.05, 0.1) is 17.8 Å². The first-order valence-electron chi connectivity index (χ1n) is 10.5. The summed E-state index contributed by atoms with van der Waals surface area (Å²) in [5.41, 5.74) is 5.15. The molecule has 0 aromatic carbocycles. The van der Waals surface area contributed by atoms with Crippen molar-refractivity contribution in [2.45, 2.75) is 54.9 Å². The predicted molar refractivity (Wildman–Crippen MR) is 131 cm³/mol. The van der Waals surface area contributed by atoms with Crippen LogP contribution in [0.2, 0.25) is 0 Å². The Labute approximate surface area is 197 Å². The Morgan fingerprint density at radius 1 is 0.844 bits per heavy atom. The van der Waals surface area contributed by atoms with Crippen LogP contribution >= 0.6 is 22.7 Å². The number of carbonyl (C=O) groups excluding carboxylic acids is 3. The maximum atomic E-state index is 13.6. The Balaban J connectivity index is 2.03. The molecule has 0 saturated carbocycles. The molecule has 5 nitrogen and oxygen atoms in total. The second-order valence-corrected chi connectivity index (χ2v) is 11.1. The number of imide groups is 1. The summed E-state index contributed by atoms with van der Waals surface area (Å²) in [6.07, 6.45) is 0.373. The lowest BCUT2D eigenvalue weighted by molar-refractivity contribution is -0.139. The molecule has 1 aliphatic rings. The van der Waals surface area contributed by atoms with Gasteiger partial charge in [-0.25, -0.2) is 4.79 Å². The van der Waals surface area contributed by atoms with Crippen LogP contribution < -0.4 is 0 Å². The van der Waals surface area contributed by atoms with E-state index in [2.05, 4.69) is 6.58 Å². The lowest BCUT2D eigenvalue weighted by Crippen LogP contribution is -2.33. The van der Waals surface area contributed by atoms with E-state index < -0.39 is 5.97 Å². The third-order valence-electron chi connectivity index (χ3n) is 5.90. The second kappa shape index (κ2) is 9.16. The molecule has 3 rings (SSSR count). The maximum Gasteiger partial charge on any atom is 0.333 e. The molecule has 32 heavy (non-hydrogen) atoms. The minimum absolute atomic E-state index is 0.124. The van der Waals surface area contributed by atoms with Crippen molar-refractivity contribution in [3.05, 3.63) is 53.9 Å². The minimum Gasteiger partial charge on any atom is -0.462 e. The van der Waals surface area contributed by atoms with Crippen molar-refractivity contribution in [3.8, 4) is 0 Å². The number of ether oxygens (including phenoxy) is 1. The predicted octanol–water partition coefficient (Wildman–Crippen LogP) is 5.45. The van der Waals surface area contributed by atoms with Crippen LogP contribution in [0.5, 0.6) is 0 Å². The Bertz CT molecular complexity index is 1100. The second-order valence-electron chi connectivity index (χ2n) is 8.21. The van der Waals surface area contributed by atoms with Gasteiger partial charge in [0.2, 0.25) is 0 Å². The largest absolute Gasteiger partial charge is 0.462 e. The molecule has 0 spiro atoms. The Morgan fingerprint density at radius 3 is 1.62 bits per heavy atom. The van der Waals surface area contributed by atoms with Gasteiger partial charge in [-0.1, -0.05) is 6.58 Å². The number of aryl methyl sites for hydroxylation is 4. The normalized spacial score (nSPS) is 14.0. The third-order valence-corrected chi connectivity index (χ3v) is 8.14. The monoisotopic (exact) mass is 471 g/mol. The standard InChI is InChI=1S/C25H29NO4S2/c1-12(2)25(29)30-11-9-10-26-23(27)21(19-13(3)15(5)31-17(19)7)22(24(26)28)20-14(4)16(6)32-18(20)8/h1,9-11H2,2-8H3. The molecule has 0 bridgehead atoms. The van der Waals surface area contributed by atoms with E-state index in [1.807, 2.05) is 41.5 Å². The van der Waals surface area contributed by atoms with Crippen LogP contribution in [0.1, 0.15) is 55.1 Å². The van der Waals surface area contributed by atoms with Gasteiger partial charge >= 0.3 is 5.97 Å². The third kappa shape index (κ3) is 4.11. The van der Waals surface area contributed by atoms with Crippen LogP contribution in [0.4, 0.5) is 0 Å². The van der Waals surface area contributed by atoms with Gasteiger partial charge in [-0.05, 0) is 66.0 Å². The molecule has 0 N–H and O–H groups in total. The lowest BCUT2D eigenvalue weighted by atomic mass is 9.92. The highest BCUT2D eigenvalue weighted by Gasteiger charge is 2.42. The maximum absolute atomic E-state index is 13.6. The van der Waals surface area contributed by atoms with E-state index in [0.717, 1.165) is 41.8 Å². The zero-order chi connectivity index (χ0) is 23.9. The molecule has 2 amide bonds. The minimum atomic E-state index is -0.469. The number of thiophene rings is 2. The molecule has 170 valence electrons. The van der Waals surface area contributed by atoms with Crippen molar-refractivity contribution < 1.29 is 19.1 Å². The Morgan fingerprint density at radius 2 is 1.28 bits per heavy atom. The molecule has 0 unspecified atom stereocenters. The fourth-order valence-corrected chi connectivity index (χ4v) is 6.22. The van der Waals surface area contributed by atoms with Gasteiger partial charge in [0.25, 0.3) is 11.8 Å². The van der Waals surface area contributed by atoms with Crippen molar-refractivity contribution in [3.63, 3.8) is 0 Å². The van der Waals surface area contributed by atoms with E-state index in [9.17, 15) is 14.4 Å². The fourth-order valence-electron chi connectivity index (χ4n) is 4.08. The molecule has 0 saturated heterocycles. The van der Waals surface area contributed by atoms with E-state index in [4.69, 9.17) is 4.74 Å². The lowest BCUT2D eigenvalue weighted by Gasteiger charge is -2.15. The molecule has 2 aromatic heterocycles.